The van der Waals surface area contributed by atoms with Gasteiger partial charge in [-0.15, -0.1) is 13.2 Å². The SMILES string of the molecule is Cc1cnc(C(N)=O)cc1NC(=O)c1c(Oc2ccc(OC(F)(F)F)c(F)c2C)ccc(C(F)(F)F)c1F. The first-order valence-electron chi connectivity index (χ1n) is 10.2. The number of hydrogen-bond donors (Lipinski definition) is 2. The van der Waals surface area contributed by atoms with Gasteiger partial charge in [0.05, 0.1) is 5.56 Å². The second kappa shape index (κ2) is 10.1. The quantitative estimate of drug-likeness (QED) is 0.365. The summed E-state index contributed by atoms with van der Waals surface area (Å²) >= 11 is 0. The lowest BCUT2D eigenvalue weighted by atomic mass is 10.1. The summed E-state index contributed by atoms with van der Waals surface area (Å²) in [5.74, 6) is -8.65. The van der Waals surface area contributed by atoms with Gasteiger partial charge < -0.3 is 20.5 Å². The molecule has 0 atom stereocenters. The zero-order chi connectivity index (χ0) is 28.6. The van der Waals surface area contributed by atoms with Crippen LogP contribution in [0.25, 0.3) is 0 Å². The fourth-order valence-electron chi connectivity index (χ4n) is 3.13. The van der Waals surface area contributed by atoms with Crippen LogP contribution in [0.3, 0.4) is 0 Å². The summed E-state index contributed by atoms with van der Waals surface area (Å²) in [6.45, 7) is 2.36. The number of ether oxygens (including phenoxy) is 2. The number of nitrogens with two attached hydrogens (primary N) is 1. The fraction of sp³-hybridized carbons (Fsp3) is 0.174. The maximum Gasteiger partial charge on any atom is 0.573 e. The average molecular weight is 549 g/mol. The van der Waals surface area contributed by atoms with Gasteiger partial charge in [-0.05, 0) is 49.7 Å². The predicted octanol–water partition coefficient (Wildman–Crippen LogP) is 6.04. The van der Waals surface area contributed by atoms with E-state index in [1.165, 1.54) is 6.92 Å². The van der Waals surface area contributed by atoms with Crippen LogP contribution in [-0.4, -0.2) is 23.2 Å². The normalized spacial score (nSPS) is 11.7. The van der Waals surface area contributed by atoms with Gasteiger partial charge in [0.2, 0.25) is 0 Å². The van der Waals surface area contributed by atoms with Crippen molar-refractivity contribution in [3.63, 3.8) is 0 Å². The Hall–Kier alpha value is -4.43. The van der Waals surface area contributed by atoms with E-state index in [2.05, 4.69) is 15.0 Å². The monoisotopic (exact) mass is 549 g/mol. The number of carbonyl (C=O) groups excluding carboxylic acids is 2. The van der Waals surface area contributed by atoms with Crippen LogP contribution in [0.4, 0.5) is 40.8 Å². The molecule has 0 aliphatic heterocycles. The van der Waals surface area contributed by atoms with Crippen molar-refractivity contribution in [2.75, 3.05) is 5.32 Å². The molecule has 0 fully saturated rings. The number of nitrogens with zero attached hydrogens (tertiary/aromatic N) is 1. The first kappa shape index (κ1) is 28.1. The topological polar surface area (TPSA) is 104 Å². The van der Waals surface area contributed by atoms with Gasteiger partial charge >= 0.3 is 12.5 Å². The fourth-order valence-corrected chi connectivity index (χ4v) is 3.13. The molecule has 2 aromatic carbocycles. The second-order valence-corrected chi connectivity index (χ2v) is 7.65. The number of rotatable bonds is 6. The number of anilines is 1. The van der Waals surface area contributed by atoms with E-state index in [0.29, 0.717) is 12.1 Å². The van der Waals surface area contributed by atoms with E-state index in [0.717, 1.165) is 25.3 Å². The number of benzene rings is 2. The zero-order valence-corrected chi connectivity index (χ0v) is 19.1. The number of aryl methyl sites for hydroxylation is 1. The molecule has 0 aliphatic rings. The van der Waals surface area contributed by atoms with E-state index >= 15 is 4.39 Å². The first-order valence-corrected chi connectivity index (χ1v) is 10.2. The third-order valence-corrected chi connectivity index (χ3v) is 4.99. The van der Waals surface area contributed by atoms with Crippen molar-refractivity contribution in [3.05, 3.63) is 76.1 Å². The van der Waals surface area contributed by atoms with E-state index in [1.807, 2.05) is 0 Å². The van der Waals surface area contributed by atoms with E-state index in [4.69, 9.17) is 10.5 Å². The van der Waals surface area contributed by atoms with Crippen LogP contribution >= 0.6 is 0 Å². The Morgan fingerprint density at radius 2 is 1.53 bits per heavy atom. The van der Waals surface area contributed by atoms with E-state index in [1.54, 1.807) is 0 Å². The lowest BCUT2D eigenvalue weighted by molar-refractivity contribution is -0.275. The van der Waals surface area contributed by atoms with Crippen LogP contribution in [0.5, 0.6) is 17.2 Å². The van der Waals surface area contributed by atoms with E-state index in [-0.39, 0.29) is 23.0 Å². The Labute approximate surface area is 208 Å². The molecule has 0 aliphatic carbocycles. The zero-order valence-electron chi connectivity index (χ0n) is 19.1. The molecule has 0 radical (unpaired) electrons. The summed E-state index contributed by atoms with van der Waals surface area (Å²) in [5, 5.41) is 2.14. The third kappa shape index (κ3) is 6.10. The van der Waals surface area contributed by atoms with Gasteiger partial charge in [0, 0.05) is 17.4 Å². The number of alkyl halides is 6. The van der Waals surface area contributed by atoms with Crippen LogP contribution in [0.2, 0.25) is 0 Å². The molecule has 2 amide bonds. The highest BCUT2D eigenvalue weighted by Gasteiger charge is 2.38. The van der Waals surface area contributed by atoms with Crippen LogP contribution in [0.15, 0.2) is 36.5 Å². The van der Waals surface area contributed by atoms with Gasteiger partial charge in [-0.1, -0.05) is 0 Å². The molecular formula is C23H15F8N3O4. The van der Waals surface area contributed by atoms with E-state index < -0.39 is 69.9 Å². The lowest BCUT2D eigenvalue weighted by Crippen LogP contribution is -2.20. The summed E-state index contributed by atoms with van der Waals surface area (Å²) in [4.78, 5) is 28.1. The molecule has 1 aromatic heterocycles. The molecule has 0 bridgehead atoms. The van der Waals surface area contributed by atoms with Gasteiger partial charge in [-0.25, -0.2) is 8.78 Å². The van der Waals surface area contributed by atoms with Crippen molar-refractivity contribution in [3.8, 4) is 17.2 Å². The highest BCUT2D eigenvalue weighted by atomic mass is 19.4. The van der Waals surface area contributed by atoms with E-state index in [9.17, 15) is 40.3 Å². The highest BCUT2D eigenvalue weighted by molar-refractivity contribution is 6.07. The van der Waals surface area contributed by atoms with Crippen molar-refractivity contribution in [1.82, 2.24) is 4.98 Å². The lowest BCUT2D eigenvalue weighted by Gasteiger charge is -2.18. The molecule has 1 heterocycles. The Balaban J connectivity index is 2.09. The minimum absolute atomic E-state index is 0.155. The number of carbonyl (C=O) groups is 2. The number of amides is 2. The number of aromatic nitrogens is 1. The Morgan fingerprint density at radius 1 is 0.921 bits per heavy atom. The van der Waals surface area contributed by atoms with Crippen molar-refractivity contribution >= 4 is 17.5 Å². The van der Waals surface area contributed by atoms with Gasteiger partial charge in [0.25, 0.3) is 11.8 Å². The average Bonchev–Trinajstić information content (AvgIpc) is 2.78. The standard InChI is InChI=1S/C23H15F8N3O4/c1-9-8-33-13(20(32)35)7-12(9)34-21(36)17-15(4-3-11(19(17)25)22(26,27)28)37-14-5-6-16(18(24)10(14)2)38-23(29,30)31/h3-8H,1-2H3,(H2,32,35)(H,33,34,36). The van der Waals surface area contributed by atoms with Crippen LogP contribution in [0, 0.1) is 25.5 Å². The largest absolute Gasteiger partial charge is 0.573 e. The van der Waals surface area contributed by atoms with Gasteiger partial charge in [-0.3, -0.25) is 14.6 Å². The minimum atomic E-state index is -5.23. The van der Waals surface area contributed by atoms with Crippen molar-refractivity contribution < 1.29 is 54.2 Å². The Morgan fingerprint density at radius 3 is 2.11 bits per heavy atom. The van der Waals surface area contributed by atoms with Crippen LogP contribution < -0.4 is 20.5 Å². The Kier molecular flexibility index (Phi) is 7.51. The molecule has 15 heteroatoms. The summed E-state index contributed by atoms with van der Waals surface area (Å²) in [5.41, 5.74) is 1.17. The molecular weight excluding hydrogens is 534 g/mol. The van der Waals surface area contributed by atoms with Gasteiger partial charge in [0.1, 0.15) is 22.8 Å². The number of nitrogens with one attached hydrogen (secondary N) is 1. The van der Waals surface area contributed by atoms with Crippen LogP contribution in [-0.2, 0) is 6.18 Å². The molecule has 3 aromatic rings. The number of hydrogen-bond acceptors (Lipinski definition) is 5. The molecule has 0 unspecified atom stereocenters. The number of halogens is 8. The van der Waals surface area contributed by atoms with Gasteiger partial charge in [0.15, 0.2) is 17.4 Å². The number of primary amides is 1. The maximum absolute atomic E-state index is 15.1. The van der Waals surface area contributed by atoms with Crippen molar-refractivity contribution in [2.45, 2.75) is 26.4 Å². The molecule has 3 N–H and O–H groups in total. The van der Waals surface area contributed by atoms with Gasteiger partial charge in [-0.2, -0.15) is 13.2 Å². The smallest absolute Gasteiger partial charge is 0.456 e. The summed E-state index contributed by atoms with van der Waals surface area (Å²) < 4.78 is 116. The molecule has 0 saturated carbocycles. The third-order valence-electron chi connectivity index (χ3n) is 4.99. The highest BCUT2D eigenvalue weighted by Crippen LogP contribution is 2.39. The molecule has 38 heavy (non-hydrogen) atoms. The van der Waals surface area contributed by atoms with Crippen molar-refractivity contribution in [1.29, 1.82) is 0 Å². The summed E-state index contributed by atoms with van der Waals surface area (Å²) in [6, 6.07) is 3.14. The predicted molar refractivity (Wildman–Crippen MR) is 115 cm³/mol. The molecule has 0 spiro atoms. The number of pyridine rings is 1. The molecule has 0 saturated heterocycles. The first-order chi connectivity index (χ1) is 17.5. The molecule has 202 valence electrons. The van der Waals surface area contributed by atoms with Crippen molar-refractivity contribution in [2.24, 2.45) is 5.73 Å². The second-order valence-electron chi connectivity index (χ2n) is 7.65. The molecule has 3 rings (SSSR count). The maximum atomic E-state index is 15.1. The van der Waals surface area contributed by atoms with Crippen LogP contribution in [0.1, 0.15) is 37.5 Å². The summed E-state index contributed by atoms with van der Waals surface area (Å²) in [7, 11) is 0. The Bertz CT molecular complexity index is 1420. The summed E-state index contributed by atoms with van der Waals surface area (Å²) in [6.07, 6.45) is -9.34. The minimum Gasteiger partial charge on any atom is -0.456 e. The molecule has 7 nitrogen and oxygen atoms in total.